The number of aromatic nitrogens is 2. The largest absolute Gasteiger partial charge is 0.493 e. The summed E-state index contributed by atoms with van der Waals surface area (Å²) in [6.07, 6.45) is 2.95. The van der Waals surface area contributed by atoms with Crippen molar-refractivity contribution in [2.45, 2.75) is 6.92 Å². The van der Waals surface area contributed by atoms with Crippen molar-refractivity contribution in [3.8, 4) is 17.2 Å². The molecule has 0 bridgehead atoms. The van der Waals surface area contributed by atoms with Crippen LogP contribution in [0, 0.1) is 0 Å². The van der Waals surface area contributed by atoms with Crippen LogP contribution >= 0.6 is 27.3 Å². The van der Waals surface area contributed by atoms with Gasteiger partial charge in [-0.25, -0.2) is 4.79 Å². The number of nitrogens with zero attached hydrogens (tertiary/aromatic N) is 2. The van der Waals surface area contributed by atoms with Crippen LogP contribution in [0.3, 0.4) is 0 Å². The molecule has 4 rings (SSSR count). The number of halogens is 1. The van der Waals surface area contributed by atoms with Gasteiger partial charge in [-0.1, -0.05) is 22.0 Å². The van der Waals surface area contributed by atoms with Crippen molar-refractivity contribution in [3.05, 3.63) is 80.0 Å². The van der Waals surface area contributed by atoms with E-state index in [1.165, 1.54) is 13.2 Å². The van der Waals surface area contributed by atoms with Crippen LogP contribution in [-0.2, 0) is 9.53 Å². The number of methoxy groups -OCH3 is 2. The summed E-state index contributed by atoms with van der Waals surface area (Å²) in [5, 5.41) is 9.41. The van der Waals surface area contributed by atoms with Gasteiger partial charge in [0, 0.05) is 21.3 Å². The Labute approximate surface area is 224 Å². The molecule has 0 saturated carbocycles. The number of carbonyl (C=O) groups is 2. The van der Waals surface area contributed by atoms with Crippen LogP contribution < -0.4 is 20.3 Å². The van der Waals surface area contributed by atoms with E-state index in [1.807, 2.05) is 0 Å². The minimum absolute atomic E-state index is 0.0167. The van der Waals surface area contributed by atoms with Gasteiger partial charge in [0.1, 0.15) is 5.00 Å². The van der Waals surface area contributed by atoms with Crippen molar-refractivity contribution >= 4 is 61.0 Å². The normalized spacial score (nSPS) is 11.0. The van der Waals surface area contributed by atoms with Gasteiger partial charge in [0.2, 0.25) is 5.91 Å². The smallest absolute Gasteiger partial charge is 0.359 e. The zero-order chi connectivity index (χ0) is 26.5. The van der Waals surface area contributed by atoms with Gasteiger partial charge in [0.15, 0.2) is 17.2 Å². The molecular formula is C26H22BrN3O6S. The van der Waals surface area contributed by atoms with Crippen molar-refractivity contribution in [2.75, 3.05) is 26.1 Å². The Kier molecular flexibility index (Phi) is 8.04. The first-order valence-electron chi connectivity index (χ1n) is 11.0. The Bertz CT molecular complexity index is 1560. The number of esters is 1. The van der Waals surface area contributed by atoms with Crippen LogP contribution in [0.25, 0.3) is 22.5 Å². The summed E-state index contributed by atoms with van der Waals surface area (Å²) in [6.45, 7) is 1.83. The summed E-state index contributed by atoms with van der Waals surface area (Å²) in [4.78, 5) is 38.9. The summed E-state index contributed by atoms with van der Waals surface area (Å²) in [7, 11) is 3.07. The number of ether oxygens (including phenoxy) is 3. The predicted molar refractivity (Wildman–Crippen MR) is 146 cm³/mol. The number of benzene rings is 2. The fourth-order valence-electron chi connectivity index (χ4n) is 3.53. The number of thiophene rings is 1. The summed E-state index contributed by atoms with van der Waals surface area (Å²) in [5.41, 5.74) is 0.676. The Morgan fingerprint density at radius 1 is 1.11 bits per heavy atom. The monoisotopic (exact) mass is 583 g/mol. The Balaban J connectivity index is 1.72. The number of nitrogens with one attached hydrogen (secondary N) is 1. The highest BCUT2D eigenvalue weighted by Crippen LogP contribution is 2.31. The fraction of sp³-hybridized carbons (Fsp3) is 0.154. The van der Waals surface area contributed by atoms with Crippen LogP contribution in [0.2, 0.25) is 0 Å². The second kappa shape index (κ2) is 11.4. The van der Waals surface area contributed by atoms with E-state index in [4.69, 9.17) is 14.2 Å². The summed E-state index contributed by atoms with van der Waals surface area (Å²) in [6, 6.07) is 12.1. The number of hydrogen-bond acceptors (Lipinski definition) is 8. The molecule has 1 N–H and O–H groups in total. The number of rotatable bonds is 8. The van der Waals surface area contributed by atoms with Gasteiger partial charge in [-0.3, -0.25) is 9.59 Å². The Morgan fingerprint density at radius 3 is 2.51 bits per heavy atom. The highest BCUT2D eigenvalue weighted by molar-refractivity contribution is 9.10. The second-order valence-corrected chi connectivity index (χ2v) is 9.35. The highest BCUT2D eigenvalue weighted by atomic mass is 79.9. The fourth-order valence-corrected chi connectivity index (χ4v) is 4.74. The number of anilines is 1. The van der Waals surface area contributed by atoms with Crippen molar-refractivity contribution in [1.29, 1.82) is 0 Å². The van der Waals surface area contributed by atoms with E-state index in [0.29, 0.717) is 27.6 Å². The molecule has 1 amide bonds. The molecule has 190 valence electrons. The third-order valence-electron chi connectivity index (χ3n) is 5.26. The number of hydrogen-bond donors (Lipinski definition) is 1. The van der Waals surface area contributed by atoms with Crippen LogP contribution in [0.4, 0.5) is 5.00 Å². The SMILES string of the molecule is CCOC(=O)c1nn(-c2ccc(Br)cc2)c(=O)c2c(NC(=O)/C=C/c3ccc(OC)c(OC)c3)scc12. The van der Waals surface area contributed by atoms with E-state index in [2.05, 4.69) is 26.3 Å². The first kappa shape index (κ1) is 26.1. The molecule has 4 aromatic rings. The van der Waals surface area contributed by atoms with Crippen LogP contribution in [0.1, 0.15) is 23.0 Å². The molecule has 2 aromatic heterocycles. The quantitative estimate of drug-likeness (QED) is 0.228. The molecule has 37 heavy (non-hydrogen) atoms. The molecule has 11 heteroatoms. The Hall–Kier alpha value is -3.96. The number of carbonyl (C=O) groups excluding carboxylic acids is 2. The molecule has 0 radical (unpaired) electrons. The average molecular weight is 584 g/mol. The lowest BCUT2D eigenvalue weighted by molar-refractivity contribution is -0.111. The summed E-state index contributed by atoms with van der Waals surface area (Å²) in [5.74, 6) is -0.0194. The molecule has 2 heterocycles. The lowest BCUT2D eigenvalue weighted by Gasteiger charge is -2.10. The molecule has 0 aliphatic rings. The van der Waals surface area contributed by atoms with Gasteiger partial charge in [0.25, 0.3) is 5.56 Å². The van der Waals surface area contributed by atoms with Crippen molar-refractivity contribution in [3.63, 3.8) is 0 Å². The van der Waals surface area contributed by atoms with Gasteiger partial charge in [0.05, 0.1) is 31.9 Å². The maximum Gasteiger partial charge on any atom is 0.359 e. The minimum Gasteiger partial charge on any atom is -0.493 e. The van der Waals surface area contributed by atoms with E-state index in [0.717, 1.165) is 26.1 Å². The zero-order valence-corrected chi connectivity index (χ0v) is 22.5. The maximum absolute atomic E-state index is 13.5. The molecule has 0 aliphatic heterocycles. The van der Waals surface area contributed by atoms with Crippen molar-refractivity contribution in [1.82, 2.24) is 9.78 Å². The number of amides is 1. The molecule has 0 fully saturated rings. The second-order valence-electron chi connectivity index (χ2n) is 7.55. The van der Waals surface area contributed by atoms with Crippen LogP contribution in [-0.4, -0.2) is 42.5 Å². The van der Waals surface area contributed by atoms with Crippen LogP contribution in [0.15, 0.2) is 63.2 Å². The predicted octanol–water partition coefficient (Wildman–Crippen LogP) is 5.06. The molecular weight excluding hydrogens is 562 g/mol. The average Bonchev–Trinajstić information content (AvgIpc) is 3.32. The van der Waals surface area contributed by atoms with Gasteiger partial charge in [-0.2, -0.15) is 9.78 Å². The first-order chi connectivity index (χ1) is 17.9. The van der Waals surface area contributed by atoms with E-state index >= 15 is 0 Å². The van der Waals surface area contributed by atoms with Gasteiger partial charge in [-0.05, 0) is 55.0 Å². The molecule has 0 aliphatic carbocycles. The van der Waals surface area contributed by atoms with E-state index in [9.17, 15) is 14.4 Å². The molecule has 2 aromatic carbocycles. The first-order valence-corrected chi connectivity index (χ1v) is 12.7. The summed E-state index contributed by atoms with van der Waals surface area (Å²) >= 11 is 4.49. The van der Waals surface area contributed by atoms with Gasteiger partial charge in [-0.15, -0.1) is 11.3 Å². The molecule has 0 spiro atoms. The Morgan fingerprint density at radius 2 is 1.84 bits per heavy atom. The molecule has 0 atom stereocenters. The standard InChI is InChI=1S/C26H22BrN3O6S/c1-4-36-26(33)23-18-14-37-24(22(18)25(32)30(29-23)17-9-7-16(27)8-10-17)28-21(31)12-6-15-5-11-19(34-2)20(13-15)35-3/h5-14H,4H2,1-3H3,(H,28,31)/b12-6+. The van der Waals surface area contributed by atoms with Crippen LogP contribution in [0.5, 0.6) is 11.5 Å². The van der Waals surface area contributed by atoms with E-state index in [-0.39, 0.29) is 17.7 Å². The molecule has 9 nitrogen and oxygen atoms in total. The van der Waals surface area contributed by atoms with Crippen molar-refractivity contribution < 1.29 is 23.8 Å². The number of fused-ring (bicyclic) bond motifs is 1. The third kappa shape index (κ3) is 5.57. The maximum atomic E-state index is 13.5. The molecule has 0 saturated heterocycles. The topological polar surface area (TPSA) is 109 Å². The van der Waals surface area contributed by atoms with Gasteiger partial charge < -0.3 is 19.5 Å². The van der Waals surface area contributed by atoms with E-state index < -0.39 is 17.4 Å². The highest BCUT2D eigenvalue weighted by Gasteiger charge is 2.23. The molecule has 0 unspecified atom stereocenters. The zero-order valence-electron chi connectivity index (χ0n) is 20.1. The van der Waals surface area contributed by atoms with Crippen molar-refractivity contribution in [2.24, 2.45) is 0 Å². The third-order valence-corrected chi connectivity index (χ3v) is 6.69. The lowest BCUT2D eigenvalue weighted by Crippen LogP contribution is -2.25. The summed E-state index contributed by atoms with van der Waals surface area (Å²) < 4.78 is 17.6. The minimum atomic E-state index is -0.664. The van der Waals surface area contributed by atoms with Gasteiger partial charge >= 0.3 is 5.97 Å². The van der Waals surface area contributed by atoms with E-state index in [1.54, 1.807) is 68.0 Å². The lowest BCUT2D eigenvalue weighted by atomic mass is 10.2.